The molecular formula is C21H27N3O3. The zero-order valence-electron chi connectivity index (χ0n) is 16.4. The van der Waals surface area contributed by atoms with Crippen LogP contribution in [0.25, 0.3) is 5.69 Å². The van der Waals surface area contributed by atoms with Gasteiger partial charge in [0.15, 0.2) is 12.3 Å². The third-order valence-corrected chi connectivity index (χ3v) is 4.66. The van der Waals surface area contributed by atoms with E-state index in [1.165, 1.54) is 0 Å². The molecule has 1 amide bonds. The third kappa shape index (κ3) is 4.38. The van der Waals surface area contributed by atoms with Crippen LogP contribution in [0.3, 0.4) is 0 Å². The lowest BCUT2D eigenvalue weighted by molar-refractivity contribution is -0.138. The minimum Gasteiger partial charge on any atom is -0.451 e. The first-order valence-electron chi connectivity index (χ1n) is 9.52. The largest absolute Gasteiger partial charge is 0.451 e. The molecule has 1 heterocycles. The number of carbonyl (C=O) groups excluding carboxylic acids is 2. The van der Waals surface area contributed by atoms with Crippen LogP contribution in [-0.2, 0) is 9.53 Å². The summed E-state index contributed by atoms with van der Waals surface area (Å²) in [4.78, 5) is 26.9. The van der Waals surface area contributed by atoms with Crippen LogP contribution in [0.5, 0.6) is 0 Å². The molecule has 3 rings (SSSR count). The van der Waals surface area contributed by atoms with Crippen LogP contribution in [-0.4, -0.2) is 45.2 Å². The van der Waals surface area contributed by atoms with Crippen molar-refractivity contribution in [3.05, 3.63) is 47.8 Å². The Morgan fingerprint density at radius 3 is 2.33 bits per heavy atom. The smallest absolute Gasteiger partial charge is 0.357 e. The maximum absolute atomic E-state index is 12.7. The SMILES string of the molecule is CC(C)N(C(=O)COC(=O)c1cc(C2CC2)nn1-c1ccccc1)C(C)C. The number of hydrogen-bond acceptors (Lipinski definition) is 4. The number of ether oxygens (including phenoxy) is 1. The van der Waals surface area contributed by atoms with Crippen molar-refractivity contribution in [1.82, 2.24) is 14.7 Å². The molecule has 1 aromatic carbocycles. The van der Waals surface area contributed by atoms with E-state index in [9.17, 15) is 9.59 Å². The van der Waals surface area contributed by atoms with E-state index < -0.39 is 5.97 Å². The highest BCUT2D eigenvalue weighted by molar-refractivity contribution is 5.90. The Bertz CT molecular complexity index is 799. The summed E-state index contributed by atoms with van der Waals surface area (Å²) in [5.41, 5.74) is 2.06. The molecule has 1 aromatic heterocycles. The van der Waals surface area contributed by atoms with E-state index in [1.807, 2.05) is 58.0 Å². The molecule has 6 heteroatoms. The minimum absolute atomic E-state index is 0.0486. The Morgan fingerprint density at radius 1 is 1.15 bits per heavy atom. The normalized spacial score (nSPS) is 13.9. The Balaban J connectivity index is 1.77. The van der Waals surface area contributed by atoms with Gasteiger partial charge in [0.2, 0.25) is 0 Å². The molecule has 0 spiro atoms. The van der Waals surface area contributed by atoms with Gasteiger partial charge in [-0.1, -0.05) is 18.2 Å². The molecule has 6 nitrogen and oxygen atoms in total. The van der Waals surface area contributed by atoms with Gasteiger partial charge < -0.3 is 9.64 Å². The van der Waals surface area contributed by atoms with Gasteiger partial charge >= 0.3 is 5.97 Å². The number of rotatable bonds is 7. The molecule has 0 radical (unpaired) electrons. The monoisotopic (exact) mass is 369 g/mol. The first-order chi connectivity index (χ1) is 12.9. The summed E-state index contributed by atoms with van der Waals surface area (Å²) >= 11 is 0. The molecule has 1 aliphatic carbocycles. The molecule has 1 aliphatic rings. The molecule has 0 bridgehead atoms. The second kappa shape index (κ2) is 7.94. The number of esters is 1. The minimum atomic E-state index is -0.529. The molecular weight excluding hydrogens is 342 g/mol. The van der Waals surface area contributed by atoms with Gasteiger partial charge in [-0.3, -0.25) is 4.79 Å². The molecule has 27 heavy (non-hydrogen) atoms. The molecule has 1 saturated carbocycles. The van der Waals surface area contributed by atoms with Gasteiger partial charge in [-0.25, -0.2) is 9.48 Å². The number of nitrogens with zero attached hydrogens (tertiary/aromatic N) is 3. The Labute approximate surface area is 160 Å². The molecule has 0 unspecified atom stereocenters. The van der Waals surface area contributed by atoms with Crippen molar-refractivity contribution in [3.8, 4) is 5.69 Å². The highest BCUT2D eigenvalue weighted by Gasteiger charge is 2.30. The van der Waals surface area contributed by atoms with E-state index in [0.717, 1.165) is 24.2 Å². The fourth-order valence-electron chi connectivity index (χ4n) is 3.34. The molecule has 0 saturated heterocycles. The van der Waals surface area contributed by atoms with Crippen LogP contribution >= 0.6 is 0 Å². The number of para-hydroxylation sites is 1. The third-order valence-electron chi connectivity index (χ3n) is 4.66. The summed E-state index contributed by atoms with van der Waals surface area (Å²) < 4.78 is 6.97. The van der Waals surface area contributed by atoms with Crippen molar-refractivity contribution in [1.29, 1.82) is 0 Å². The summed E-state index contributed by atoms with van der Waals surface area (Å²) in [5, 5.41) is 4.60. The summed E-state index contributed by atoms with van der Waals surface area (Å²) in [5.74, 6) is -0.305. The average molecular weight is 369 g/mol. The van der Waals surface area contributed by atoms with Crippen molar-refractivity contribution in [2.45, 2.75) is 58.5 Å². The van der Waals surface area contributed by atoms with E-state index >= 15 is 0 Å². The fraction of sp³-hybridized carbons (Fsp3) is 0.476. The summed E-state index contributed by atoms with van der Waals surface area (Å²) in [6.45, 7) is 7.53. The van der Waals surface area contributed by atoms with Gasteiger partial charge in [-0.05, 0) is 58.7 Å². The molecule has 2 aromatic rings. The predicted molar refractivity (Wildman–Crippen MR) is 103 cm³/mol. The number of amides is 1. The van der Waals surface area contributed by atoms with Gasteiger partial charge in [0, 0.05) is 18.0 Å². The number of aromatic nitrogens is 2. The van der Waals surface area contributed by atoms with Crippen LogP contribution in [0.2, 0.25) is 0 Å². The lowest BCUT2D eigenvalue weighted by atomic mass is 10.2. The van der Waals surface area contributed by atoms with Crippen molar-refractivity contribution >= 4 is 11.9 Å². The van der Waals surface area contributed by atoms with Crippen LogP contribution < -0.4 is 0 Å². The molecule has 0 atom stereocenters. The highest BCUT2D eigenvalue weighted by Crippen LogP contribution is 2.39. The molecule has 1 fully saturated rings. The average Bonchev–Trinajstić information content (AvgIpc) is 3.38. The Morgan fingerprint density at radius 2 is 1.78 bits per heavy atom. The van der Waals surface area contributed by atoms with E-state index in [4.69, 9.17) is 4.74 Å². The van der Waals surface area contributed by atoms with Crippen LogP contribution in [0.4, 0.5) is 0 Å². The van der Waals surface area contributed by atoms with Crippen LogP contribution in [0.1, 0.15) is 62.6 Å². The van der Waals surface area contributed by atoms with Crippen LogP contribution in [0, 0.1) is 0 Å². The van der Waals surface area contributed by atoms with Gasteiger partial charge in [-0.15, -0.1) is 0 Å². The first-order valence-corrected chi connectivity index (χ1v) is 9.52. The predicted octanol–water partition coefficient (Wildman–Crippen LogP) is 3.55. The van der Waals surface area contributed by atoms with Crippen molar-refractivity contribution in [2.75, 3.05) is 6.61 Å². The quantitative estimate of drug-likeness (QED) is 0.700. The summed E-state index contributed by atoms with van der Waals surface area (Å²) in [6, 6.07) is 11.4. The van der Waals surface area contributed by atoms with Crippen LogP contribution in [0.15, 0.2) is 36.4 Å². The highest BCUT2D eigenvalue weighted by atomic mass is 16.5. The summed E-state index contributed by atoms with van der Waals surface area (Å²) in [6.07, 6.45) is 2.19. The van der Waals surface area contributed by atoms with E-state index in [-0.39, 0.29) is 24.6 Å². The van der Waals surface area contributed by atoms with Gasteiger partial charge in [-0.2, -0.15) is 5.10 Å². The van der Waals surface area contributed by atoms with Crippen molar-refractivity contribution in [2.24, 2.45) is 0 Å². The van der Waals surface area contributed by atoms with E-state index in [0.29, 0.717) is 11.6 Å². The van der Waals surface area contributed by atoms with Gasteiger partial charge in [0.25, 0.3) is 5.91 Å². The maximum atomic E-state index is 12.7. The molecule has 0 N–H and O–H groups in total. The lowest BCUT2D eigenvalue weighted by Crippen LogP contribution is -2.44. The number of carbonyl (C=O) groups is 2. The van der Waals surface area contributed by atoms with Gasteiger partial charge in [0.1, 0.15) is 0 Å². The van der Waals surface area contributed by atoms with Crippen molar-refractivity contribution in [3.63, 3.8) is 0 Å². The molecule has 144 valence electrons. The first kappa shape index (κ1) is 19.1. The maximum Gasteiger partial charge on any atom is 0.357 e. The van der Waals surface area contributed by atoms with Gasteiger partial charge in [0.05, 0.1) is 11.4 Å². The Hall–Kier alpha value is -2.63. The standard InChI is InChI=1S/C21H27N3O3/c1-14(2)23(15(3)4)20(25)13-27-21(26)19-12-18(16-10-11-16)22-24(19)17-8-6-5-7-9-17/h5-9,12,14-16H,10-11,13H2,1-4H3. The molecule has 0 aliphatic heterocycles. The number of benzene rings is 1. The topological polar surface area (TPSA) is 64.4 Å². The second-order valence-electron chi connectivity index (χ2n) is 7.54. The second-order valence-corrected chi connectivity index (χ2v) is 7.54. The lowest BCUT2D eigenvalue weighted by Gasteiger charge is -2.30. The Kier molecular flexibility index (Phi) is 5.63. The fourth-order valence-corrected chi connectivity index (χ4v) is 3.34. The van der Waals surface area contributed by atoms with E-state index in [2.05, 4.69) is 5.10 Å². The number of hydrogen-bond donors (Lipinski definition) is 0. The van der Waals surface area contributed by atoms with E-state index in [1.54, 1.807) is 15.6 Å². The summed E-state index contributed by atoms with van der Waals surface area (Å²) in [7, 11) is 0. The van der Waals surface area contributed by atoms with Crippen molar-refractivity contribution < 1.29 is 14.3 Å². The zero-order chi connectivity index (χ0) is 19.6. The zero-order valence-corrected chi connectivity index (χ0v) is 16.4.